The molecule has 4 heteroatoms. The summed E-state index contributed by atoms with van der Waals surface area (Å²) in [6.07, 6.45) is 0.757. The first kappa shape index (κ1) is 12.7. The van der Waals surface area contributed by atoms with E-state index in [1.165, 1.54) is 0 Å². The van der Waals surface area contributed by atoms with Crippen LogP contribution in [-0.2, 0) is 16.1 Å². The fraction of sp³-hybridized carbons (Fsp3) is 0.500. The van der Waals surface area contributed by atoms with Gasteiger partial charge in [-0.3, -0.25) is 4.79 Å². The quantitative estimate of drug-likeness (QED) is 0.771. The molecule has 0 N–H and O–H groups in total. The Bertz CT molecular complexity index is 451. The van der Waals surface area contributed by atoms with Crippen molar-refractivity contribution in [2.24, 2.45) is 5.41 Å². The van der Waals surface area contributed by atoms with Gasteiger partial charge in [0.25, 0.3) is 0 Å². The third-order valence-corrected chi connectivity index (χ3v) is 3.24. The molecule has 0 atom stereocenters. The molecule has 0 radical (unpaired) electrons. The van der Waals surface area contributed by atoms with Crippen molar-refractivity contribution in [2.75, 3.05) is 6.79 Å². The molecule has 98 valence electrons. The van der Waals surface area contributed by atoms with Crippen molar-refractivity contribution in [3.63, 3.8) is 0 Å². The summed E-state index contributed by atoms with van der Waals surface area (Å²) in [6, 6.07) is 5.55. The molecule has 0 aromatic heterocycles. The Morgan fingerprint density at radius 3 is 2.78 bits per heavy atom. The van der Waals surface area contributed by atoms with E-state index >= 15 is 0 Å². The minimum absolute atomic E-state index is 0.178. The Hall–Kier alpha value is -1.71. The molecule has 0 saturated heterocycles. The predicted molar refractivity (Wildman–Crippen MR) is 66.4 cm³/mol. The lowest BCUT2D eigenvalue weighted by molar-refractivity contribution is -0.155. The number of esters is 1. The highest BCUT2D eigenvalue weighted by Crippen LogP contribution is 2.32. The van der Waals surface area contributed by atoms with E-state index in [1.807, 2.05) is 39.0 Å². The molecular weight excluding hydrogens is 232 g/mol. The van der Waals surface area contributed by atoms with Crippen molar-refractivity contribution >= 4 is 5.97 Å². The summed E-state index contributed by atoms with van der Waals surface area (Å²) in [7, 11) is 0. The van der Waals surface area contributed by atoms with Gasteiger partial charge in [0.1, 0.15) is 6.61 Å². The molecular formula is C14H18O4. The standard InChI is InChI=1S/C14H18O4/c1-4-14(2,3)13(15)16-8-10-5-6-11-12(7-10)18-9-17-11/h5-7H,4,8-9H2,1-3H3. The molecule has 1 aliphatic heterocycles. The van der Waals surface area contributed by atoms with Crippen LogP contribution in [0.4, 0.5) is 0 Å². The average molecular weight is 250 g/mol. The van der Waals surface area contributed by atoms with Crippen molar-refractivity contribution in [1.82, 2.24) is 0 Å². The highest BCUT2D eigenvalue weighted by Gasteiger charge is 2.27. The summed E-state index contributed by atoms with van der Waals surface area (Å²) in [4.78, 5) is 11.8. The fourth-order valence-corrected chi connectivity index (χ4v) is 1.52. The molecule has 4 nitrogen and oxygen atoms in total. The Labute approximate surface area is 107 Å². The molecule has 0 amide bonds. The first-order chi connectivity index (χ1) is 8.53. The summed E-state index contributed by atoms with van der Waals surface area (Å²) in [5.41, 5.74) is 0.468. The van der Waals surface area contributed by atoms with Crippen molar-refractivity contribution in [3.8, 4) is 11.5 Å². The number of benzene rings is 1. The van der Waals surface area contributed by atoms with Gasteiger partial charge in [0, 0.05) is 0 Å². The number of carbonyl (C=O) groups excluding carboxylic acids is 1. The van der Waals surface area contributed by atoms with Crippen LogP contribution in [0.3, 0.4) is 0 Å². The van der Waals surface area contributed by atoms with Crippen LogP contribution in [0.2, 0.25) is 0 Å². The molecule has 1 heterocycles. The van der Waals surface area contributed by atoms with Gasteiger partial charge in [-0.2, -0.15) is 0 Å². The number of carbonyl (C=O) groups is 1. The zero-order valence-corrected chi connectivity index (χ0v) is 11.0. The van der Waals surface area contributed by atoms with Crippen molar-refractivity contribution in [3.05, 3.63) is 23.8 Å². The molecule has 0 bridgehead atoms. The smallest absolute Gasteiger partial charge is 0.311 e. The normalized spacial score (nSPS) is 13.5. The maximum absolute atomic E-state index is 11.8. The van der Waals surface area contributed by atoms with Gasteiger partial charge in [-0.15, -0.1) is 0 Å². The molecule has 0 aliphatic carbocycles. The zero-order valence-electron chi connectivity index (χ0n) is 11.0. The number of fused-ring (bicyclic) bond motifs is 1. The predicted octanol–water partition coefficient (Wildman–Crippen LogP) is 2.89. The van der Waals surface area contributed by atoms with Gasteiger partial charge >= 0.3 is 5.97 Å². The summed E-state index contributed by atoms with van der Waals surface area (Å²) < 4.78 is 15.8. The molecule has 18 heavy (non-hydrogen) atoms. The Morgan fingerprint density at radius 1 is 1.33 bits per heavy atom. The second-order valence-electron chi connectivity index (χ2n) is 5.00. The fourth-order valence-electron chi connectivity index (χ4n) is 1.52. The van der Waals surface area contributed by atoms with Gasteiger partial charge in [0.15, 0.2) is 11.5 Å². The van der Waals surface area contributed by atoms with Crippen LogP contribution < -0.4 is 9.47 Å². The molecule has 0 unspecified atom stereocenters. The lowest BCUT2D eigenvalue weighted by Gasteiger charge is -2.20. The second kappa shape index (κ2) is 4.88. The number of rotatable bonds is 4. The first-order valence-corrected chi connectivity index (χ1v) is 6.08. The topological polar surface area (TPSA) is 44.8 Å². The van der Waals surface area contributed by atoms with E-state index in [0.717, 1.165) is 17.7 Å². The second-order valence-corrected chi connectivity index (χ2v) is 5.00. The maximum Gasteiger partial charge on any atom is 0.311 e. The van der Waals surface area contributed by atoms with Crippen LogP contribution in [0.15, 0.2) is 18.2 Å². The molecule has 0 fully saturated rings. The molecule has 2 rings (SSSR count). The van der Waals surface area contributed by atoms with E-state index in [0.29, 0.717) is 5.75 Å². The van der Waals surface area contributed by atoms with E-state index in [9.17, 15) is 4.79 Å². The number of hydrogen-bond acceptors (Lipinski definition) is 4. The van der Waals surface area contributed by atoms with Gasteiger partial charge in [0.05, 0.1) is 5.41 Å². The van der Waals surface area contributed by atoms with Crippen molar-refractivity contribution in [1.29, 1.82) is 0 Å². The third-order valence-electron chi connectivity index (χ3n) is 3.24. The monoisotopic (exact) mass is 250 g/mol. The van der Waals surface area contributed by atoms with Crippen molar-refractivity contribution in [2.45, 2.75) is 33.8 Å². The molecule has 0 saturated carbocycles. The number of hydrogen-bond donors (Lipinski definition) is 0. The van der Waals surface area contributed by atoms with Crippen molar-refractivity contribution < 1.29 is 19.0 Å². The van der Waals surface area contributed by atoms with Gasteiger partial charge in [-0.25, -0.2) is 0 Å². The average Bonchev–Trinajstić information content (AvgIpc) is 2.83. The zero-order chi connectivity index (χ0) is 13.2. The summed E-state index contributed by atoms with van der Waals surface area (Å²) in [5.74, 6) is 1.26. The van der Waals surface area contributed by atoms with E-state index in [1.54, 1.807) is 0 Å². The van der Waals surface area contributed by atoms with Crippen LogP contribution in [0, 0.1) is 5.41 Å². The van der Waals surface area contributed by atoms with Crippen LogP contribution in [0.1, 0.15) is 32.8 Å². The van der Waals surface area contributed by atoms with Crippen LogP contribution in [-0.4, -0.2) is 12.8 Å². The van der Waals surface area contributed by atoms with E-state index in [-0.39, 0.29) is 19.4 Å². The van der Waals surface area contributed by atoms with E-state index in [2.05, 4.69) is 0 Å². The van der Waals surface area contributed by atoms with Gasteiger partial charge in [-0.05, 0) is 38.0 Å². The summed E-state index contributed by atoms with van der Waals surface area (Å²) in [6.45, 7) is 6.26. The maximum atomic E-state index is 11.8. The lowest BCUT2D eigenvalue weighted by atomic mass is 9.91. The Kier molecular flexibility index (Phi) is 3.45. The van der Waals surface area contributed by atoms with Gasteiger partial charge in [0.2, 0.25) is 6.79 Å². The number of ether oxygens (including phenoxy) is 3. The molecule has 1 aromatic carbocycles. The molecule has 0 spiro atoms. The van der Waals surface area contributed by atoms with Crippen LogP contribution >= 0.6 is 0 Å². The van der Waals surface area contributed by atoms with Gasteiger partial charge in [-0.1, -0.05) is 13.0 Å². The summed E-state index contributed by atoms with van der Waals surface area (Å²) in [5, 5.41) is 0. The lowest BCUT2D eigenvalue weighted by Crippen LogP contribution is -2.25. The van der Waals surface area contributed by atoms with Crippen LogP contribution in [0.25, 0.3) is 0 Å². The highest BCUT2D eigenvalue weighted by molar-refractivity contribution is 5.75. The first-order valence-electron chi connectivity index (χ1n) is 6.08. The molecule has 1 aliphatic rings. The van der Waals surface area contributed by atoms with Gasteiger partial charge < -0.3 is 14.2 Å². The SMILES string of the molecule is CCC(C)(C)C(=O)OCc1ccc2c(c1)OCO2. The van der Waals surface area contributed by atoms with Crippen LogP contribution in [0.5, 0.6) is 11.5 Å². The molecule has 1 aromatic rings. The minimum Gasteiger partial charge on any atom is -0.460 e. The highest BCUT2D eigenvalue weighted by atomic mass is 16.7. The minimum atomic E-state index is -0.434. The van der Waals surface area contributed by atoms with E-state index in [4.69, 9.17) is 14.2 Å². The third kappa shape index (κ3) is 2.58. The van der Waals surface area contributed by atoms with E-state index < -0.39 is 5.41 Å². The Balaban J connectivity index is 1.97. The summed E-state index contributed by atoms with van der Waals surface area (Å²) >= 11 is 0. The largest absolute Gasteiger partial charge is 0.460 e. The Morgan fingerprint density at radius 2 is 2.06 bits per heavy atom.